The number of hydrogen-bond acceptors (Lipinski definition) is 3. The highest BCUT2D eigenvalue weighted by Crippen LogP contribution is 2.23. The van der Waals surface area contributed by atoms with E-state index in [4.69, 9.17) is 17.3 Å². The number of rotatable bonds is 9. The third kappa shape index (κ3) is 5.94. The van der Waals surface area contributed by atoms with Crippen LogP contribution in [-0.4, -0.2) is 14.5 Å². The first-order valence-electron chi connectivity index (χ1n) is 7.41. The maximum atomic E-state index is 12.4. The molecule has 0 bridgehead atoms. The molecular formula is C15H25ClN2O2S. The molecule has 0 saturated heterocycles. The van der Waals surface area contributed by atoms with E-state index in [-0.39, 0.29) is 22.5 Å². The summed E-state index contributed by atoms with van der Waals surface area (Å²) in [6.45, 7) is 4.31. The molecule has 0 aliphatic heterocycles. The van der Waals surface area contributed by atoms with Crippen LogP contribution in [0.25, 0.3) is 0 Å². The standard InChI is InChI=1S/C15H25ClN2O2S/c1-3-4-5-6-7-12(2)18-21(19,20)15-10-13(11-17)8-9-14(15)16/h8-10,12,18H,3-7,11,17H2,1-2H3. The SMILES string of the molecule is CCCCCCC(C)NS(=O)(=O)c1cc(CN)ccc1Cl. The van der Waals surface area contributed by atoms with Crippen LogP contribution in [0.4, 0.5) is 0 Å². The fourth-order valence-electron chi connectivity index (χ4n) is 2.15. The molecule has 1 aromatic carbocycles. The minimum absolute atomic E-state index is 0.104. The predicted molar refractivity (Wildman–Crippen MR) is 87.9 cm³/mol. The Hall–Kier alpha value is -0.620. The van der Waals surface area contributed by atoms with Crippen molar-refractivity contribution in [1.29, 1.82) is 0 Å². The highest BCUT2D eigenvalue weighted by Gasteiger charge is 2.20. The summed E-state index contributed by atoms with van der Waals surface area (Å²) < 4.78 is 27.5. The first kappa shape index (κ1) is 18.4. The van der Waals surface area contributed by atoms with Crippen LogP contribution in [0, 0.1) is 0 Å². The van der Waals surface area contributed by atoms with Crippen LogP contribution in [0.5, 0.6) is 0 Å². The Morgan fingerprint density at radius 3 is 2.62 bits per heavy atom. The summed E-state index contributed by atoms with van der Waals surface area (Å²) in [5.74, 6) is 0. The summed E-state index contributed by atoms with van der Waals surface area (Å²) in [7, 11) is -3.60. The summed E-state index contributed by atoms with van der Waals surface area (Å²) in [5.41, 5.74) is 6.29. The quantitative estimate of drug-likeness (QED) is 0.680. The maximum Gasteiger partial charge on any atom is 0.242 e. The Bertz CT molecular complexity index is 547. The molecule has 0 heterocycles. The molecule has 21 heavy (non-hydrogen) atoms. The molecule has 1 unspecified atom stereocenters. The lowest BCUT2D eigenvalue weighted by atomic mass is 10.1. The van der Waals surface area contributed by atoms with Crippen LogP contribution in [0.1, 0.15) is 51.5 Å². The van der Waals surface area contributed by atoms with Crippen molar-refractivity contribution in [3.63, 3.8) is 0 Å². The molecule has 0 amide bonds. The van der Waals surface area contributed by atoms with Crippen molar-refractivity contribution < 1.29 is 8.42 Å². The van der Waals surface area contributed by atoms with Crippen LogP contribution in [0.2, 0.25) is 5.02 Å². The first-order chi connectivity index (χ1) is 9.90. The van der Waals surface area contributed by atoms with Gasteiger partial charge in [-0.15, -0.1) is 0 Å². The van der Waals surface area contributed by atoms with Gasteiger partial charge in [-0.2, -0.15) is 0 Å². The average molecular weight is 333 g/mol. The Labute approximate surface area is 133 Å². The van der Waals surface area contributed by atoms with Crippen LogP contribution < -0.4 is 10.5 Å². The summed E-state index contributed by atoms with van der Waals surface area (Å²) in [6, 6.07) is 4.73. The molecule has 120 valence electrons. The number of nitrogens with one attached hydrogen (secondary N) is 1. The summed E-state index contributed by atoms with van der Waals surface area (Å²) >= 11 is 6.01. The van der Waals surface area contributed by atoms with Crippen molar-refractivity contribution in [2.24, 2.45) is 5.73 Å². The minimum atomic E-state index is -3.60. The second-order valence-corrected chi connectivity index (χ2v) is 7.43. The summed E-state index contributed by atoms with van der Waals surface area (Å²) in [5, 5.41) is 0.220. The van der Waals surface area contributed by atoms with Gasteiger partial charge in [0.2, 0.25) is 10.0 Å². The van der Waals surface area contributed by atoms with E-state index >= 15 is 0 Å². The molecule has 0 spiro atoms. The van der Waals surface area contributed by atoms with Gasteiger partial charge in [0.05, 0.1) is 5.02 Å². The summed E-state index contributed by atoms with van der Waals surface area (Å²) in [4.78, 5) is 0.104. The number of hydrogen-bond donors (Lipinski definition) is 2. The second-order valence-electron chi connectivity index (χ2n) is 5.34. The van der Waals surface area contributed by atoms with Gasteiger partial charge in [0.15, 0.2) is 0 Å². The van der Waals surface area contributed by atoms with Gasteiger partial charge >= 0.3 is 0 Å². The van der Waals surface area contributed by atoms with Crippen molar-refractivity contribution >= 4 is 21.6 Å². The first-order valence-corrected chi connectivity index (χ1v) is 9.27. The molecular weight excluding hydrogens is 308 g/mol. The van der Waals surface area contributed by atoms with Gasteiger partial charge in [0.1, 0.15) is 4.90 Å². The van der Waals surface area contributed by atoms with E-state index in [0.29, 0.717) is 0 Å². The molecule has 0 aliphatic rings. The van der Waals surface area contributed by atoms with E-state index in [9.17, 15) is 8.42 Å². The van der Waals surface area contributed by atoms with Gasteiger partial charge < -0.3 is 5.73 Å². The van der Waals surface area contributed by atoms with Crippen molar-refractivity contribution in [3.05, 3.63) is 28.8 Å². The summed E-state index contributed by atoms with van der Waals surface area (Å²) in [6.07, 6.45) is 5.33. The normalized spacial score (nSPS) is 13.3. The second kappa shape index (κ2) is 8.73. The van der Waals surface area contributed by atoms with Crippen LogP contribution in [0.3, 0.4) is 0 Å². The molecule has 0 aliphatic carbocycles. The molecule has 0 radical (unpaired) electrons. The van der Waals surface area contributed by atoms with Crippen molar-refractivity contribution in [2.75, 3.05) is 0 Å². The van der Waals surface area contributed by atoms with Crippen molar-refractivity contribution in [3.8, 4) is 0 Å². The lowest BCUT2D eigenvalue weighted by Crippen LogP contribution is -2.32. The average Bonchev–Trinajstić information content (AvgIpc) is 2.43. The largest absolute Gasteiger partial charge is 0.326 e. The van der Waals surface area contributed by atoms with Crippen LogP contribution in [0.15, 0.2) is 23.1 Å². The Kier molecular flexibility index (Phi) is 7.66. The molecule has 0 aromatic heterocycles. The molecule has 3 N–H and O–H groups in total. The van der Waals surface area contributed by atoms with Gasteiger partial charge in [-0.25, -0.2) is 13.1 Å². The molecule has 4 nitrogen and oxygen atoms in total. The minimum Gasteiger partial charge on any atom is -0.326 e. The number of benzene rings is 1. The zero-order valence-corrected chi connectivity index (χ0v) is 14.3. The van der Waals surface area contributed by atoms with E-state index in [1.165, 1.54) is 18.9 Å². The predicted octanol–water partition coefficient (Wildman–Crippen LogP) is 3.44. The van der Waals surface area contributed by atoms with Gasteiger partial charge in [0.25, 0.3) is 0 Å². The number of sulfonamides is 1. The molecule has 1 rings (SSSR count). The molecule has 1 aromatic rings. The number of unbranched alkanes of at least 4 members (excludes halogenated alkanes) is 3. The van der Waals surface area contributed by atoms with Crippen molar-refractivity contribution in [2.45, 2.75) is 63.4 Å². The highest BCUT2D eigenvalue weighted by molar-refractivity contribution is 7.89. The van der Waals surface area contributed by atoms with E-state index in [0.717, 1.165) is 24.8 Å². The van der Waals surface area contributed by atoms with Gasteiger partial charge in [0, 0.05) is 12.6 Å². The van der Waals surface area contributed by atoms with Gasteiger partial charge in [-0.3, -0.25) is 0 Å². The molecule has 0 fully saturated rings. The fourth-order valence-corrected chi connectivity index (χ4v) is 3.97. The van der Waals surface area contributed by atoms with Crippen LogP contribution in [-0.2, 0) is 16.6 Å². The highest BCUT2D eigenvalue weighted by atomic mass is 35.5. The fraction of sp³-hybridized carbons (Fsp3) is 0.600. The van der Waals surface area contributed by atoms with Gasteiger partial charge in [-0.1, -0.05) is 50.3 Å². The smallest absolute Gasteiger partial charge is 0.242 e. The Morgan fingerprint density at radius 1 is 1.29 bits per heavy atom. The maximum absolute atomic E-state index is 12.4. The van der Waals surface area contributed by atoms with Crippen LogP contribution >= 0.6 is 11.6 Å². The third-order valence-corrected chi connectivity index (χ3v) is 5.44. The number of halogens is 1. The molecule has 1 atom stereocenters. The van der Waals surface area contributed by atoms with E-state index < -0.39 is 10.0 Å². The zero-order valence-electron chi connectivity index (χ0n) is 12.7. The lowest BCUT2D eigenvalue weighted by molar-refractivity contribution is 0.522. The zero-order chi connectivity index (χ0) is 15.9. The number of nitrogens with two attached hydrogens (primary N) is 1. The van der Waals surface area contributed by atoms with E-state index in [2.05, 4.69) is 11.6 Å². The molecule has 0 saturated carbocycles. The van der Waals surface area contributed by atoms with Crippen molar-refractivity contribution in [1.82, 2.24) is 4.72 Å². The monoisotopic (exact) mass is 332 g/mol. The Balaban J connectivity index is 2.72. The van der Waals surface area contributed by atoms with E-state index in [1.54, 1.807) is 12.1 Å². The topological polar surface area (TPSA) is 72.2 Å². The Morgan fingerprint density at radius 2 is 2.00 bits per heavy atom. The molecule has 6 heteroatoms. The van der Waals surface area contributed by atoms with Gasteiger partial charge in [-0.05, 0) is 31.0 Å². The van der Waals surface area contributed by atoms with E-state index in [1.807, 2.05) is 6.92 Å². The third-order valence-electron chi connectivity index (χ3n) is 3.37. The lowest BCUT2D eigenvalue weighted by Gasteiger charge is -2.15.